The van der Waals surface area contributed by atoms with Gasteiger partial charge in [-0.3, -0.25) is 5.32 Å². The first kappa shape index (κ1) is 9.50. The molecule has 0 rings (SSSR count). The molecule has 0 aromatic heterocycles. The number of nitriles is 1. The van der Waals surface area contributed by atoms with Crippen molar-refractivity contribution in [3.05, 3.63) is 12.2 Å². The molecule has 0 bridgehead atoms. The second kappa shape index (κ2) is 6.62. The smallest absolute Gasteiger partial charge is 0.202 e. The van der Waals surface area contributed by atoms with Crippen LogP contribution in [-0.4, -0.2) is 12.5 Å². The van der Waals surface area contributed by atoms with Crippen LogP contribution in [0.2, 0.25) is 0 Å². The predicted molar refractivity (Wildman–Crippen MR) is 44.7 cm³/mol. The van der Waals surface area contributed by atoms with Crippen molar-refractivity contribution in [2.24, 2.45) is 10.7 Å². The molecule has 0 amide bonds. The second-order valence-corrected chi connectivity index (χ2v) is 1.84. The second-order valence-electron chi connectivity index (χ2n) is 1.84. The molecular formula is C7H12N4. The lowest BCUT2D eigenvalue weighted by Gasteiger charge is -1.91. The molecule has 0 saturated carbocycles. The van der Waals surface area contributed by atoms with Gasteiger partial charge in [-0.2, -0.15) is 5.26 Å². The van der Waals surface area contributed by atoms with Gasteiger partial charge in [0.15, 0.2) is 6.19 Å². The van der Waals surface area contributed by atoms with E-state index in [2.05, 4.69) is 10.3 Å². The molecule has 0 saturated heterocycles. The summed E-state index contributed by atoms with van der Waals surface area (Å²) in [6, 6.07) is 0. The van der Waals surface area contributed by atoms with Gasteiger partial charge in [0.2, 0.25) is 5.96 Å². The number of allylic oxidation sites excluding steroid dienone is 1. The summed E-state index contributed by atoms with van der Waals surface area (Å²) in [4.78, 5) is 3.83. The van der Waals surface area contributed by atoms with Crippen LogP contribution in [0.1, 0.15) is 13.3 Å². The molecular weight excluding hydrogens is 140 g/mol. The number of rotatable bonds is 3. The van der Waals surface area contributed by atoms with Crippen molar-refractivity contribution in [3.8, 4) is 6.19 Å². The van der Waals surface area contributed by atoms with E-state index in [9.17, 15) is 0 Å². The van der Waals surface area contributed by atoms with Gasteiger partial charge in [0, 0.05) is 0 Å². The van der Waals surface area contributed by atoms with Crippen LogP contribution in [-0.2, 0) is 0 Å². The Hall–Kier alpha value is -1.50. The minimum atomic E-state index is 0.160. The Bertz CT molecular complexity index is 187. The zero-order valence-electron chi connectivity index (χ0n) is 6.54. The third kappa shape index (κ3) is 6.38. The molecule has 0 unspecified atom stereocenters. The van der Waals surface area contributed by atoms with Crippen molar-refractivity contribution < 1.29 is 0 Å². The summed E-state index contributed by atoms with van der Waals surface area (Å²) in [6.07, 6.45) is 6.55. The maximum absolute atomic E-state index is 8.10. The van der Waals surface area contributed by atoms with Crippen molar-refractivity contribution >= 4 is 5.96 Å². The van der Waals surface area contributed by atoms with Gasteiger partial charge < -0.3 is 5.73 Å². The highest BCUT2D eigenvalue weighted by atomic mass is 15.1. The molecule has 0 aromatic carbocycles. The van der Waals surface area contributed by atoms with E-state index in [4.69, 9.17) is 11.0 Å². The van der Waals surface area contributed by atoms with Crippen molar-refractivity contribution in [2.45, 2.75) is 13.3 Å². The molecule has 60 valence electrons. The molecule has 0 heterocycles. The number of guanidine groups is 1. The van der Waals surface area contributed by atoms with E-state index in [1.54, 1.807) is 6.19 Å². The highest BCUT2D eigenvalue weighted by molar-refractivity contribution is 5.79. The van der Waals surface area contributed by atoms with Crippen LogP contribution in [0.25, 0.3) is 0 Å². The Morgan fingerprint density at radius 1 is 1.73 bits per heavy atom. The number of nitrogens with one attached hydrogen (secondary N) is 1. The van der Waals surface area contributed by atoms with Crippen molar-refractivity contribution in [3.63, 3.8) is 0 Å². The molecule has 0 aliphatic rings. The lowest BCUT2D eigenvalue weighted by molar-refractivity contribution is 1.12. The number of nitrogens with two attached hydrogens (primary N) is 1. The first-order chi connectivity index (χ1) is 5.31. The average molecular weight is 152 g/mol. The topological polar surface area (TPSA) is 74.2 Å². The van der Waals surface area contributed by atoms with Gasteiger partial charge in [-0.15, -0.1) is 0 Å². The first-order valence-electron chi connectivity index (χ1n) is 3.41. The molecule has 11 heavy (non-hydrogen) atoms. The summed E-state index contributed by atoms with van der Waals surface area (Å²) in [5, 5.41) is 10.3. The highest BCUT2D eigenvalue weighted by Gasteiger charge is 1.82. The maximum Gasteiger partial charge on any atom is 0.202 e. The summed E-state index contributed by atoms with van der Waals surface area (Å²) in [5.41, 5.74) is 5.25. The maximum atomic E-state index is 8.10. The van der Waals surface area contributed by atoms with Crippen LogP contribution >= 0.6 is 0 Å². The fraction of sp³-hybridized carbons (Fsp3) is 0.429. The fourth-order valence-corrected chi connectivity index (χ4v) is 0.489. The largest absolute Gasteiger partial charge is 0.369 e. The summed E-state index contributed by atoms with van der Waals surface area (Å²) < 4.78 is 0. The van der Waals surface area contributed by atoms with E-state index in [0.717, 1.165) is 6.42 Å². The van der Waals surface area contributed by atoms with Gasteiger partial charge in [-0.25, -0.2) is 4.99 Å². The van der Waals surface area contributed by atoms with Crippen LogP contribution in [0.4, 0.5) is 0 Å². The van der Waals surface area contributed by atoms with E-state index in [1.807, 2.05) is 19.1 Å². The Kier molecular flexibility index (Phi) is 5.72. The van der Waals surface area contributed by atoms with Crippen LogP contribution < -0.4 is 11.1 Å². The number of aliphatic imine (C=N–C) groups is 1. The third-order valence-electron chi connectivity index (χ3n) is 0.953. The monoisotopic (exact) mass is 152 g/mol. The zero-order chi connectivity index (χ0) is 8.53. The summed E-state index contributed by atoms with van der Waals surface area (Å²) >= 11 is 0. The van der Waals surface area contributed by atoms with Gasteiger partial charge in [0.05, 0.1) is 6.54 Å². The quantitative estimate of drug-likeness (QED) is 0.201. The Balaban J connectivity index is 3.57. The molecule has 4 heteroatoms. The van der Waals surface area contributed by atoms with Gasteiger partial charge in [0.1, 0.15) is 0 Å². The van der Waals surface area contributed by atoms with Crippen LogP contribution in [0, 0.1) is 11.5 Å². The molecule has 0 aliphatic heterocycles. The summed E-state index contributed by atoms with van der Waals surface area (Å²) in [5.74, 6) is 0.160. The minimum absolute atomic E-state index is 0.160. The Labute approximate surface area is 66.4 Å². The number of hydrogen-bond acceptors (Lipinski definition) is 2. The van der Waals surface area contributed by atoms with Gasteiger partial charge >= 0.3 is 0 Å². The van der Waals surface area contributed by atoms with Crippen molar-refractivity contribution in [1.29, 1.82) is 5.26 Å². The molecule has 0 aromatic rings. The zero-order valence-corrected chi connectivity index (χ0v) is 6.54. The predicted octanol–water partition coefficient (Wildman–Crippen LogP) is 0.338. The molecule has 0 aliphatic carbocycles. The number of nitrogens with zero attached hydrogens (tertiary/aromatic N) is 2. The Morgan fingerprint density at radius 2 is 2.45 bits per heavy atom. The third-order valence-corrected chi connectivity index (χ3v) is 0.953. The lowest BCUT2D eigenvalue weighted by Crippen LogP contribution is -2.27. The molecule has 0 radical (unpaired) electrons. The molecule has 0 spiro atoms. The molecule has 0 fully saturated rings. The standard InChI is InChI=1S/C7H12N4/c1-2-3-4-5-10-7(9)11-6-8/h3-4H,2,5H2,1H3,(H3,9,10,11). The van der Waals surface area contributed by atoms with Crippen molar-refractivity contribution in [1.82, 2.24) is 5.32 Å². The van der Waals surface area contributed by atoms with E-state index in [-0.39, 0.29) is 5.96 Å². The highest BCUT2D eigenvalue weighted by Crippen LogP contribution is 1.79. The van der Waals surface area contributed by atoms with E-state index in [1.165, 1.54) is 0 Å². The van der Waals surface area contributed by atoms with Crippen LogP contribution in [0.3, 0.4) is 0 Å². The van der Waals surface area contributed by atoms with Gasteiger partial charge in [0.25, 0.3) is 0 Å². The minimum Gasteiger partial charge on any atom is -0.369 e. The van der Waals surface area contributed by atoms with Crippen LogP contribution in [0.15, 0.2) is 17.1 Å². The Morgan fingerprint density at radius 3 is 3.00 bits per heavy atom. The van der Waals surface area contributed by atoms with Gasteiger partial charge in [-0.05, 0) is 6.42 Å². The molecule has 4 nitrogen and oxygen atoms in total. The van der Waals surface area contributed by atoms with E-state index >= 15 is 0 Å². The van der Waals surface area contributed by atoms with E-state index < -0.39 is 0 Å². The summed E-state index contributed by atoms with van der Waals surface area (Å²) in [7, 11) is 0. The van der Waals surface area contributed by atoms with Crippen LogP contribution in [0.5, 0.6) is 0 Å². The lowest BCUT2D eigenvalue weighted by atomic mass is 10.4. The first-order valence-corrected chi connectivity index (χ1v) is 3.41. The van der Waals surface area contributed by atoms with E-state index in [0.29, 0.717) is 6.54 Å². The number of hydrogen-bond donors (Lipinski definition) is 2. The average Bonchev–Trinajstić information content (AvgIpc) is 1.99. The van der Waals surface area contributed by atoms with Gasteiger partial charge in [-0.1, -0.05) is 19.1 Å². The SMILES string of the molecule is CCC=CCN=C(N)NC#N. The molecule has 0 atom stereocenters. The normalized spacial score (nSPS) is 11.5. The summed E-state index contributed by atoms with van der Waals surface area (Å²) in [6.45, 7) is 2.56. The molecule has 3 N–H and O–H groups in total. The van der Waals surface area contributed by atoms with Crippen molar-refractivity contribution in [2.75, 3.05) is 6.54 Å². The fourth-order valence-electron chi connectivity index (χ4n) is 0.489.